The van der Waals surface area contributed by atoms with E-state index >= 15 is 0 Å². The number of carbonyl (C=O) groups is 1. The predicted molar refractivity (Wildman–Crippen MR) is 98.3 cm³/mol. The lowest BCUT2D eigenvalue weighted by molar-refractivity contribution is -0.119. The Morgan fingerprint density at radius 2 is 2.04 bits per heavy atom. The summed E-state index contributed by atoms with van der Waals surface area (Å²) in [5.41, 5.74) is 3.37. The highest BCUT2D eigenvalue weighted by Crippen LogP contribution is 2.19. The summed E-state index contributed by atoms with van der Waals surface area (Å²) >= 11 is 0. The van der Waals surface area contributed by atoms with E-state index in [9.17, 15) is 9.90 Å². The third-order valence-corrected chi connectivity index (χ3v) is 4.81. The first-order valence-electron chi connectivity index (χ1n) is 9.03. The van der Waals surface area contributed by atoms with Crippen LogP contribution in [0.4, 0.5) is 5.69 Å². The number of hydrogen-bond donors (Lipinski definition) is 3. The Balaban J connectivity index is 1.58. The molecule has 134 valence electrons. The number of rotatable bonds is 9. The zero-order chi connectivity index (χ0) is 17.4. The van der Waals surface area contributed by atoms with Gasteiger partial charge in [-0.25, -0.2) is 0 Å². The molecule has 1 amide bonds. The maximum absolute atomic E-state index is 11.9. The highest BCUT2D eigenvalue weighted by Gasteiger charge is 2.22. The number of nitrogens with zero attached hydrogens (tertiary/aromatic N) is 1. The number of carbonyl (C=O) groups excluding carboxylic acids is 1. The van der Waals surface area contributed by atoms with Crippen molar-refractivity contribution in [3.05, 3.63) is 29.3 Å². The fraction of sp³-hybridized carbons (Fsp3) is 0.632. The molecule has 1 heterocycles. The van der Waals surface area contributed by atoms with Gasteiger partial charge in [0.1, 0.15) is 0 Å². The van der Waals surface area contributed by atoms with Gasteiger partial charge in [-0.05, 0) is 63.7 Å². The minimum absolute atomic E-state index is 0.0343. The van der Waals surface area contributed by atoms with E-state index in [0.29, 0.717) is 19.1 Å². The molecular formula is C19H31N3O2. The van der Waals surface area contributed by atoms with Crippen molar-refractivity contribution < 1.29 is 9.90 Å². The monoisotopic (exact) mass is 333 g/mol. The van der Waals surface area contributed by atoms with Gasteiger partial charge in [0.2, 0.25) is 5.91 Å². The zero-order valence-electron chi connectivity index (χ0n) is 15.0. The molecule has 5 nitrogen and oxygen atoms in total. The third kappa shape index (κ3) is 5.49. The molecule has 0 spiro atoms. The van der Waals surface area contributed by atoms with E-state index < -0.39 is 0 Å². The van der Waals surface area contributed by atoms with Crippen molar-refractivity contribution in [3.63, 3.8) is 0 Å². The van der Waals surface area contributed by atoms with Crippen LogP contribution in [-0.2, 0) is 4.79 Å². The molecule has 1 aliphatic rings. The van der Waals surface area contributed by atoms with Gasteiger partial charge in [0.05, 0.1) is 13.2 Å². The van der Waals surface area contributed by atoms with Crippen LogP contribution < -0.4 is 10.6 Å². The number of likely N-dealkylation sites (tertiary alicyclic amines) is 1. The van der Waals surface area contributed by atoms with Gasteiger partial charge in [-0.2, -0.15) is 0 Å². The van der Waals surface area contributed by atoms with Crippen LogP contribution >= 0.6 is 0 Å². The topological polar surface area (TPSA) is 64.6 Å². The molecule has 1 aromatic carbocycles. The van der Waals surface area contributed by atoms with Crippen LogP contribution in [0.5, 0.6) is 0 Å². The lowest BCUT2D eigenvalue weighted by Crippen LogP contribution is -2.34. The smallest absolute Gasteiger partial charge is 0.239 e. The highest BCUT2D eigenvalue weighted by molar-refractivity contribution is 5.81. The SMILES string of the molecule is Cc1cccc(C)c1NCC(=O)NCCCCN1CCCC1CO. The molecule has 0 radical (unpaired) electrons. The molecule has 5 heteroatoms. The molecular weight excluding hydrogens is 302 g/mol. The van der Waals surface area contributed by atoms with E-state index in [0.717, 1.165) is 49.2 Å². The van der Waals surface area contributed by atoms with Crippen molar-refractivity contribution >= 4 is 11.6 Å². The van der Waals surface area contributed by atoms with Crippen LogP contribution in [0, 0.1) is 13.8 Å². The number of aliphatic hydroxyl groups is 1. The summed E-state index contributed by atoms with van der Waals surface area (Å²) in [5, 5.41) is 15.5. The number of aryl methyl sites for hydroxylation is 2. The average molecular weight is 333 g/mol. The lowest BCUT2D eigenvalue weighted by atomic mass is 10.1. The van der Waals surface area contributed by atoms with E-state index in [1.165, 1.54) is 6.42 Å². The van der Waals surface area contributed by atoms with Crippen molar-refractivity contribution in [1.29, 1.82) is 0 Å². The fourth-order valence-corrected chi connectivity index (χ4v) is 3.39. The number of benzene rings is 1. The molecule has 2 rings (SSSR count). The van der Waals surface area contributed by atoms with Crippen molar-refractivity contribution in [2.24, 2.45) is 0 Å². The van der Waals surface area contributed by atoms with Crippen molar-refractivity contribution in [3.8, 4) is 0 Å². The van der Waals surface area contributed by atoms with Gasteiger partial charge in [0, 0.05) is 18.3 Å². The van der Waals surface area contributed by atoms with Crippen molar-refractivity contribution in [2.45, 2.75) is 45.6 Å². The maximum atomic E-state index is 11.9. The summed E-state index contributed by atoms with van der Waals surface area (Å²) in [5.74, 6) is 0.0343. The minimum Gasteiger partial charge on any atom is -0.395 e. The normalized spacial score (nSPS) is 17.9. The number of hydrogen-bond acceptors (Lipinski definition) is 4. The van der Waals surface area contributed by atoms with Gasteiger partial charge in [0.15, 0.2) is 0 Å². The fourth-order valence-electron chi connectivity index (χ4n) is 3.39. The molecule has 1 unspecified atom stereocenters. The second-order valence-corrected chi connectivity index (χ2v) is 6.69. The van der Waals surface area contributed by atoms with Crippen LogP contribution in [0.3, 0.4) is 0 Å². The molecule has 24 heavy (non-hydrogen) atoms. The summed E-state index contributed by atoms with van der Waals surface area (Å²) in [6.45, 7) is 7.49. The van der Waals surface area contributed by atoms with Gasteiger partial charge in [0.25, 0.3) is 0 Å². The Hall–Kier alpha value is -1.59. The maximum Gasteiger partial charge on any atom is 0.239 e. The number of unbranched alkanes of at least 4 members (excludes halogenated alkanes) is 1. The Kier molecular flexibility index (Phi) is 7.53. The Morgan fingerprint density at radius 3 is 2.75 bits per heavy atom. The molecule has 0 saturated carbocycles. The van der Waals surface area contributed by atoms with Crippen LogP contribution in [0.25, 0.3) is 0 Å². The Morgan fingerprint density at radius 1 is 1.29 bits per heavy atom. The quantitative estimate of drug-likeness (QED) is 0.605. The van der Waals surface area contributed by atoms with E-state index in [1.807, 2.05) is 32.0 Å². The molecule has 0 bridgehead atoms. The van der Waals surface area contributed by atoms with E-state index in [1.54, 1.807) is 0 Å². The van der Waals surface area contributed by atoms with Gasteiger partial charge in [-0.3, -0.25) is 9.69 Å². The second-order valence-electron chi connectivity index (χ2n) is 6.69. The molecule has 1 aromatic rings. The lowest BCUT2D eigenvalue weighted by Gasteiger charge is -2.22. The first kappa shape index (κ1) is 18.7. The molecule has 3 N–H and O–H groups in total. The standard InChI is InChI=1S/C19H31N3O2/c1-15-7-5-8-16(2)19(15)21-13-18(24)20-10-3-4-11-22-12-6-9-17(22)14-23/h5,7-8,17,21,23H,3-4,6,9-14H2,1-2H3,(H,20,24). The van der Waals surface area contributed by atoms with Crippen molar-refractivity contribution in [1.82, 2.24) is 10.2 Å². The number of nitrogens with one attached hydrogen (secondary N) is 2. The van der Waals surface area contributed by atoms with E-state index in [4.69, 9.17) is 0 Å². The molecule has 1 saturated heterocycles. The highest BCUT2D eigenvalue weighted by atomic mass is 16.3. The molecule has 0 aliphatic carbocycles. The molecule has 1 fully saturated rings. The first-order valence-corrected chi connectivity index (χ1v) is 9.03. The van der Waals surface area contributed by atoms with Crippen LogP contribution in [0.2, 0.25) is 0 Å². The van der Waals surface area contributed by atoms with E-state index in [-0.39, 0.29) is 12.5 Å². The van der Waals surface area contributed by atoms with Crippen LogP contribution in [-0.4, -0.2) is 54.7 Å². The predicted octanol–water partition coefficient (Wildman–Crippen LogP) is 2.07. The van der Waals surface area contributed by atoms with Crippen LogP contribution in [0.1, 0.15) is 36.8 Å². The van der Waals surface area contributed by atoms with Crippen molar-refractivity contribution in [2.75, 3.05) is 38.1 Å². The summed E-state index contributed by atoms with van der Waals surface area (Å²) in [6, 6.07) is 6.47. The minimum atomic E-state index is 0.0343. The number of amides is 1. The Bertz CT molecular complexity index is 513. The third-order valence-electron chi connectivity index (χ3n) is 4.81. The molecule has 1 atom stereocenters. The first-order chi connectivity index (χ1) is 11.6. The number of aliphatic hydroxyl groups excluding tert-OH is 1. The largest absolute Gasteiger partial charge is 0.395 e. The summed E-state index contributed by atoms with van der Waals surface area (Å²) in [4.78, 5) is 14.3. The number of anilines is 1. The second kappa shape index (κ2) is 9.64. The van der Waals surface area contributed by atoms with Gasteiger partial charge >= 0.3 is 0 Å². The zero-order valence-corrected chi connectivity index (χ0v) is 15.0. The molecule has 0 aromatic heterocycles. The van der Waals surface area contributed by atoms with Gasteiger partial charge in [-0.1, -0.05) is 18.2 Å². The average Bonchev–Trinajstić information content (AvgIpc) is 3.01. The number of para-hydroxylation sites is 1. The van der Waals surface area contributed by atoms with Gasteiger partial charge in [-0.15, -0.1) is 0 Å². The summed E-state index contributed by atoms with van der Waals surface area (Å²) in [7, 11) is 0. The van der Waals surface area contributed by atoms with E-state index in [2.05, 4.69) is 15.5 Å². The molecule has 1 aliphatic heterocycles. The Labute approximate surface area is 145 Å². The van der Waals surface area contributed by atoms with Gasteiger partial charge < -0.3 is 15.7 Å². The van der Waals surface area contributed by atoms with Crippen LogP contribution in [0.15, 0.2) is 18.2 Å². The summed E-state index contributed by atoms with van der Waals surface area (Å²) < 4.78 is 0. The summed E-state index contributed by atoms with van der Waals surface area (Å²) in [6.07, 6.45) is 4.33.